The van der Waals surface area contributed by atoms with E-state index in [0.29, 0.717) is 6.54 Å². The number of ether oxygens (including phenoxy) is 1. The highest BCUT2D eigenvalue weighted by Crippen LogP contribution is 2.06. The molecule has 2 aromatic heterocycles. The van der Waals surface area contributed by atoms with Crippen LogP contribution in [0.15, 0.2) is 6.07 Å². The van der Waals surface area contributed by atoms with Crippen molar-refractivity contribution in [3.8, 4) is 0 Å². The quantitative estimate of drug-likeness (QED) is 0.748. The molecule has 0 unspecified atom stereocenters. The molecule has 0 aliphatic carbocycles. The molecule has 10 nitrogen and oxygen atoms in total. The van der Waals surface area contributed by atoms with Gasteiger partial charge >= 0.3 is 12.0 Å². The third-order valence-corrected chi connectivity index (χ3v) is 3.06. The molecule has 0 atom stereocenters. The van der Waals surface area contributed by atoms with Gasteiger partial charge in [0, 0.05) is 17.9 Å². The number of nitrogens with one attached hydrogen (secondary N) is 2. The van der Waals surface area contributed by atoms with Crippen molar-refractivity contribution in [2.75, 3.05) is 13.2 Å². The second kappa shape index (κ2) is 7.69. The first kappa shape index (κ1) is 18.3. The normalized spacial score (nSPS) is 10.8. The smallest absolute Gasteiger partial charge is 0.378 e. The zero-order valence-corrected chi connectivity index (χ0v) is 14.5. The average molecular weight is 348 g/mol. The Bertz CT molecular complexity index is 814. The lowest BCUT2D eigenvalue weighted by molar-refractivity contribution is -0.123. The maximum atomic E-state index is 11.9. The molecule has 3 amide bonds. The molecular formula is C15H20N6O4. The lowest BCUT2D eigenvalue weighted by Crippen LogP contribution is -2.42. The molecule has 0 radical (unpaired) electrons. The van der Waals surface area contributed by atoms with Crippen LogP contribution in [-0.4, -0.2) is 50.6 Å². The minimum Gasteiger partial charge on any atom is -0.450 e. The van der Waals surface area contributed by atoms with Crippen LogP contribution >= 0.6 is 0 Å². The summed E-state index contributed by atoms with van der Waals surface area (Å²) in [7, 11) is 0. The summed E-state index contributed by atoms with van der Waals surface area (Å²) in [4.78, 5) is 43.1. The topological polar surface area (TPSA) is 128 Å². The zero-order chi connectivity index (χ0) is 18.6. The van der Waals surface area contributed by atoms with Crippen molar-refractivity contribution in [3.05, 3.63) is 23.3 Å². The number of nitrogens with zero attached hydrogens (tertiary/aromatic N) is 4. The van der Waals surface area contributed by atoms with E-state index >= 15 is 0 Å². The zero-order valence-electron chi connectivity index (χ0n) is 14.5. The maximum Gasteiger partial charge on any atom is 0.378 e. The van der Waals surface area contributed by atoms with Crippen molar-refractivity contribution in [3.63, 3.8) is 0 Å². The van der Waals surface area contributed by atoms with Gasteiger partial charge in [-0.2, -0.15) is 4.98 Å². The SMILES string of the molecule is Cc1cc(C)n2nc(C(=O)OCC(=O)NC(=O)NCC(C)C)nc2n1. The Morgan fingerprint density at radius 3 is 2.64 bits per heavy atom. The first-order valence-corrected chi connectivity index (χ1v) is 7.72. The Morgan fingerprint density at radius 1 is 1.24 bits per heavy atom. The number of imide groups is 1. The number of aromatic nitrogens is 4. The van der Waals surface area contributed by atoms with Gasteiger partial charge in [0.1, 0.15) is 0 Å². The maximum absolute atomic E-state index is 11.9. The number of urea groups is 1. The van der Waals surface area contributed by atoms with E-state index in [1.807, 2.05) is 13.8 Å². The second-order valence-electron chi connectivity index (χ2n) is 5.91. The summed E-state index contributed by atoms with van der Waals surface area (Å²) in [5.74, 6) is -1.32. The molecule has 134 valence electrons. The van der Waals surface area contributed by atoms with E-state index in [-0.39, 0.29) is 17.5 Å². The average Bonchev–Trinajstić information content (AvgIpc) is 2.95. The van der Waals surface area contributed by atoms with E-state index < -0.39 is 24.5 Å². The third kappa shape index (κ3) is 4.96. The molecule has 2 aromatic rings. The van der Waals surface area contributed by atoms with E-state index in [1.165, 1.54) is 4.52 Å². The van der Waals surface area contributed by atoms with Gasteiger partial charge < -0.3 is 10.1 Å². The number of hydrogen-bond donors (Lipinski definition) is 2. The predicted octanol–water partition coefficient (Wildman–Crippen LogP) is 0.380. The molecular weight excluding hydrogens is 328 g/mol. The van der Waals surface area contributed by atoms with E-state index in [2.05, 4.69) is 25.7 Å². The van der Waals surface area contributed by atoms with Crippen LogP contribution in [0.5, 0.6) is 0 Å². The van der Waals surface area contributed by atoms with Crippen LogP contribution in [0.4, 0.5) is 4.79 Å². The van der Waals surface area contributed by atoms with Gasteiger partial charge in [-0.25, -0.2) is 19.1 Å². The van der Waals surface area contributed by atoms with Gasteiger partial charge in [0.2, 0.25) is 0 Å². The minimum atomic E-state index is -0.875. The van der Waals surface area contributed by atoms with Crippen molar-refractivity contribution in [2.45, 2.75) is 27.7 Å². The van der Waals surface area contributed by atoms with Crippen LogP contribution in [0.25, 0.3) is 5.78 Å². The Labute approximate surface area is 144 Å². The van der Waals surface area contributed by atoms with E-state index in [1.54, 1.807) is 19.9 Å². The Balaban J connectivity index is 1.91. The lowest BCUT2D eigenvalue weighted by atomic mass is 10.2. The summed E-state index contributed by atoms with van der Waals surface area (Å²) in [6.45, 7) is 7.25. The first-order chi connectivity index (χ1) is 11.8. The van der Waals surface area contributed by atoms with Crippen molar-refractivity contribution >= 4 is 23.7 Å². The number of esters is 1. The lowest BCUT2D eigenvalue weighted by Gasteiger charge is -2.08. The van der Waals surface area contributed by atoms with Crippen molar-refractivity contribution < 1.29 is 19.1 Å². The molecule has 2 N–H and O–H groups in total. The van der Waals surface area contributed by atoms with Gasteiger partial charge in [-0.3, -0.25) is 10.1 Å². The van der Waals surface area contributed by atoms with Gasteiger partial charge in [-0.15, -0.1) is 5.10 Å². The summed E-state index contributed by atoms with van der Waals surface area (Å²) in [6, 6.07) is 1.15. The summed E-state index contributed by atoms with van der Waals surface area (Å²) < 4.78 is 6.22. The fourth-order valence-corrected chi connectivity index (χ4v) is 1.95. The van der Waals surface area contributed by atoms with Crippen molar-refractivity contribution in [1.82, 2.24) is 30.2 Å². The molecule has 10 heteroatoms. The molecule has 0 fully saturated rings. The number of hydrogen-bond acceptors (Lipinski definition) is 7. The fraction of sp³-hybridized carbons (Fsp3) is 0.467. The van der Waals surface area contributed by atoms with Gasteiger partial charge in [0.05, 0.1) is 0 Å². The van der Waals surface area contributed by atoms with Crippen LogP contribution in [0, 0.1) is 19.8 Å². The van der Waals surface area contributed by atoms with E-state index in [4.69, 9.17) is 4.74 Å². The number of carbonyl (C=O) groups is 3. The van der Waals surface area contributed by atoms with Gasteiger partial charge in [-0.1, -0.05) is 13.8 Å². The summed E-state index contributed by atoms with van der Waals surface area (Å²) >= 11 is 0. The van der Waals surface area contributed by atoms with E-state index in [9.17, 15) is 14.4 Å². The number of rotatable bonds is 5. The largest absolute Gasteiger partial charge is 0.450 e. The molecule has 0 spiro atoms. The molecule has 0 aliphatic heterocycles. The summed E-state index contributed by atoms with van der Waals surface area (Å²) in [5.41, 5.74) is 1.50. The number of carbonyl (C=O) groups excluding carboxylic acids is 3. The van der Waals surface area contributed by atoms with Crippen LogP contribution in [0.1, 0.15) is 35.9 Å². The Kier molecular flexibility index (Phi) is 5.63. The van der Waals surface area contributed by atoms with Gasteiger partial charge in [-0.05, 0) is 25.8 Å². The van der Waals surface area contributed by atoms with E-state index in [0.717, 1.165) is 11.4 Å². The van der Waals surface area contributed by atoms with Crippen molar-refractivity contribution in [1.29, 1.82) is 0 Å². The molecule has 25 heavy (non-hydrogen) atoms. The van der Waals surface area contributed by atoms with Crippen LogP contribution in [0.3, 0.4) is 0 Å². The highest BCUT2D eigenvalue weighted by atomic mass is 16.5. The second-order valence-corrected chi connectivity index (χ2v) is 5.91. The Morgan fingerprint density at radius 2 is 1.96 bits per heavy atom. The highest BCUT2D eigenvalue weighted by Gasteiger charge is 2.18. The van der Waals surface area contributed by atoms with Crippen molar-refractivity contribution in [2.24, 2.45) is 5.92 Å². The molecule has 0 bridgehead atoms. The van der Waals surface area contributed by atoms with Gasteiger partial charge in [0.15, 0.2) is 6.61 Å². The van der Waals surface area contributed by atoms with Gasteiger partial charge in [0.25, 0.3) is 17.5 Å². The fourth-order valence-electron chi connectivity index (χ4n) is 1.95. The predicted molar refractivity (Wildman–Crippen MR) is 86.9 cm³/mol. The van der Waals surface area contributed by atoms with Crippen LogP contribution in [0.2, 0.25) is 0 Å². The third-order valence-electron chi connectivity index (χ3n) is 3.06. The molecule has 0 aromatic carbocycles. The standard InChI is InChI=1S/C15H20N6O4/c1-8(2)6-16-15(24)18-11(22)7-25-13(23)12-19-14-17-9(3)5-10(4)21(14)20-12/h5,8H,6-7H2,1-4H3,(H2,16,18,22,24). The first-order valence-electron chi connectivity index (χ1n) is 7.72. The minimum absolute atomic E-state index is 0.210. The van der Waals surface area contributed by atoms with Crippen LogP contribution in [-0.2, 0) is 9.53 Å². The highest BCUT2D eigenvalue weighted by molar-refractivity contribution is 5.96. The molecule has 0 aliphatic rings. The number of aryl methyl sites for hydroxylation is 2. The molecule has 2 heterocycles. The number of fused-ring (bicyclic) bond motifs is 1. The van der Waals surface area contributed by atoms with Crippen LogP contribution < -0.4 is 10.6 Å². The number of amides is 3. The monoisotopic (exact) mass is 348 g/mol. The molecule has 2 rings (SSSR count). The summed E-state index contributed by atoms with van der Waals surface area (Å²) in [5, 5.41) is 8.57. The Hall–Kier alpha value is -3.04. The molecule has 0 saturated heterocycles. The summed E-state index contributed by atoms with van der Waals surface area (Å²) in [6.07, 6.45) is 0. The molecule has 0 saturated carbocycles.